The van der Waals surface area contributed by atoms with Crippen molar-refractivity contribution in [3.8, 4) is 0 Å². The van der Waals surface area contributed by atoms with E-state index in [1.807, 2.05) is 17.0 Å². The Labute approximate surface area is 115 Å². The molecule has 2 fully saturated rings. The first kappa shape index (κ1) is 12.1. The summed E-state index contributed by atoms with van der Waals surface area (Å²) in [6.07, 6.45) is 4.00. The van der Waals surface area contributed by atoms with Crippen LogP contribution in [0.3, 0.4) is 0 Å². The zero-order valence-electron chi connectivity index (χ0n) is 10.1. The number of pyridine rings is 1. The standard InChI is InChI=1S/C13H16BrN3O/c14-10-4-1-5-16-12(10)13(18)17-6-2-3-9-7-15-8-11(9)17/h1,4-5,9,11,15H,2-3,6-8H2. The number of piperidine rings is 1. The van der Waals surface area contributed by atoms with Gasteiger partial charge in [0.05, 0.1) is 0 Å². The van der Waals surface area contributed by atoms with Gasteiger partial charge < -0.3 is 10.2 Å². The number of carbonyl (C=O) groups excluding carboxylic acids is 1. The summed E-state index contributed by atoms with van der Waals surface area (Å²) in [4.78, 5) is 18.8. The van der Waals surface area contributed by atoms with Gasteiger partial charge in [-0.1, -0.05) is 0 Å². The number of carbonyl (C=O) groups is 1. The summed E-state index contributed by atoms with van der Waals surface area (Å²) < 4.78 is 0.781. The van der Waals surface area contributed by atoms with E-state index in [-0.39, 0.29) is 5.91 Å². The van der Waals surface area contributed by atoms with Crippen LogP contribution in [0.1, 0.15) is 23.3 Å². The number of nitrogens with zero attached hydrogens (tertiary/aromatic N) is 2. The van der Waals surface area contributed by atoms with Crippen LogP contribution in [0, 0.1) is 5.92 Å². The Balaban J connectivity index is 1.86. The quantitative estimate of drug-likeness (QED) is 0.858. The van der Waals surface area contributed by atoms with E-state index < -0.39 is 0 Å². The second-order valence-corrected chi connectivity index (χ2v) is 5.81. The molecule has 0 aromatic carbocycles. The zero-order chi connectivity index (χ0) is 12.5. The molecule has 0 radical (unpaired) electrons. The second kappa shape index (κ2) is 4.97. The zero-order valence-corrected chi connectivity index (χ0v) is 11.7. The van der Waals surface area contributed by atoms with Crippen molar-refractivity contribution < 1.29 is 4.79 Å². The number of hydrogen-bond acceptors (Lipinski definition) is 3. The van der Waals surface area contributed by atoms with E-state index in [0.29, 0.717) is 17.7 Å². The van der Waals surface area contributed by atoms with Gasteiger partial charge in [-0.25, -0.2) is 4.98 Å². The number of rotatable bonds is 1. The lowest BCUT2D eigenvalue weighted by atomic mass is 9.92. The van der Waals surface area contributed by atoms with Crippen LogP contribution in [0.25, 0.3) is 0 Å². The number of hydrogen-bond donors (Lipinski definition) is 1. The molecule has 4 nitrogen and oxygen atoms in total. The van der Waals surface area contributed by atoms with Gasteiger partial charge in [0.2, 0.25) is 0 Å². The van der Waals surface area contributed by atoms with Gasteiger partial charge in [0.1, 0.15) is 5.69 Å². The first-order valence-corrected chi connectivity index (χ1v) is 7.19. The van der Waals surface area contributed by atoms with Crippen molar-refractivity contribution in [2.75, 3.05) is 19.6 Å². The Bertz CT molecular complexity index is 465. The number of halogens is 1. The fourth-order valence-corrected chi connectivity index (χ4v) is 3.42. The number of amides is 1. The Hall–Kier alpha value is -0.940. The van der Waals surface area contributed by atoms with E-state index in [4.69, 9.17) is 0 Å². The number of fused-ring (bicyclic) bond motifs is 1. The smallest absolute Gasteiger partial charge is 0.273 e. The highest BCUT2D eigenvalue weighted by atomic mass is 79.9. The molecule has 2 unspecified atom stereocenters. The van der Waals surface area contributed by atoms with Crippen molar-refractivity contribution >= 4 is 21.8 Å². The number of aromatic nitrogens is 1. The fraction of sp³-hybridized carbons (Fsp3) is 0.538. The molecule has 2 aliphatic rings. The number of nitrogens with one attached hydrogen (secondary N) is 1. The van der Waals surface area contributed by atoms with Crippen LogP contribution in [0.5, 0.6) is 0 Å². The maximum Gasteiger partial charge on any atom is 0.273 e. The summed E-state index contributed by atoms with van der Waals surface area (Å²) in [6.45, 7) is 2.81. The molecular weight excluding hydrogens is 294 g/mol. The SMILES string of the molecule is O=C(c1ncccc1Br)N1CCCC2CNCC21. The molecule has 1 aromatic heterocycles. The van der Waals surface area contributed by atoms with E-state index in [1.54, 1.807) is 6.20 Å². The van der Waals surface area contributed by atoms with Crippen molar-refractivity contribution in [1.82, 2.24) is 15.2 Å². The van der Waals surface area contributed by atoms with Gasteiger partial charge >= 0.3 is 0 Å². The van der Waals surface area contributed by atoms with Gasteiger partial charge in [-0.2, -0.15) is 0 Å². The molecule has 5 heteroatoms. The highest BCUT2D eigenvalue weighted by molar-refractivity contribution is 9.10. The van der Waals surface area contributed by atoms with Crippen LogP contribution in [0.4, 0.5) is 0 Å². The summed E-state index contributed by atoms with van der Waals surface area (Å²) >= 11 is 3.41. The minimum Gasteiger partial charge on any atom is -0.333 e. The molecular formula is C13H16BrN3O. The van der Waals surface area contributed by atoms with Crippen LogP contribution in [-0.2, 0) is 0 Å². The van der Waals surface area contributed by atoms with Crippen LogP contribution in [0.15, 0.2) is 22.8 Å². The Morgan fingerprint density at radius 1 is 1.50 bits per heavy atom. The minimum atomic E-state index is 0.0564. The van der Waals surface area contributed by atoms with Crippen molar-refractivity contribution in [3.05, 3.63) is 28.5 Å². The molecule has 1 amide bonds. The first-order chi connectivity index (χ1) is 8.77. The second-order valence-electron chi connectivity index (χ2n) is 4.96. The predicted molar refractivity (Wildman–Crippen MR) is 72.4 cm³/mol. The third kappa shape index (κ3) is 2.06. The molecule has 0 saturated carbocycles. The van der Waals surface area contributed by atoms with E-state index in [1.165, 1.54) is 6.42 Å². The van der Waals surface area contributed by atoms with Gasteiger partial charge in [0, 0.05) is 36.3 Å². The molecule has 0 aliphatic carbocycles. The predicted octanol–water partition coefficient (Wildman–Crippen LogP) is 1.67. The third-order valence-corrected chi connectivity index (χ3v) is 4.54. The van der Waals surface area contributed by atoms with Crippen molar-refractivity contribution in [1.29, 1.82) is 0 Å². The molecule has 1 aromatic rings. The lowest BCUT2D eigenvalue weighted by Crippen LogP contribution is -2.48. The normalized spacial score (nSPS) is 27.1. The Kier molecular flexibility index (Phi) is 3.35. The highest BCUT2D eigenvalue weighted by Gasteiger charge is 2.38. The Morgan fingerprint density at radius 2 is 2.39 bits per heavy atom. The average molecular weight is 310 g/mol. The Morgan fingerprint density at radius 3 is 3.22 bits per heavy atom. The summed E-state index contributed by atoms with van der Waals surface area (Å²) in [5, 5.41) is 3.39. The molecule has 3 rings (SSSR count). The molecule has 2 atom stereocenters. The van der Waals surface area contributed by atoms with E-state index in [0.717, 1.165) is 30.5 Å². The van der Waals surface area contributed by atoms with E-state index in [2.05, 4.69) is 26.2 Å². The molecule has 2 saturated heterocycles. The summed E-state index contributed by atoms with van der Waals surface area (Å²) in [5.41, 5.74) is 0.532. The first-order valence-electron chi connectivity index (χ1n) is 6.39. The van der Waals surface area contributed by atoms with Crippen LogP contribution in [-0.4, -0.2) is 41.5 Å². The number of likely N-dealkylation sites (tertiary alicyclic amines) is 1. The van der Waals surface area contributed by atoms with Crippen LogP contribution in [0.2, 0.25) is 0 Å². The third-order valence-electron chi connectivity index (χ3n) is 3.90. The summed E-state index contributed by atoms with van der Waals surface area (Å²) in [6, 6.07) is 4.05. The molecule has 96 valence electrons. The van der Waals surface area contributed by atoms with Gasteiger partial charge in [-0.15, -0.1) is 0 Å². The summed E-state index contributed by atoms with van der Waals surface area (Å²) in [7, 11) is 0. The lowest BCUT2D eigenvalue weighted by molar-refractivity contribution is 0.0567. The van der Waals surface area contributed by atoms with Gasteiger partial charge in [0.15, 0.2) is 0 Å². The fourth-order valence-electron chi connectivity index (χ4n) is 3.00. The molecule has 18 heavy (non-hydrogen) atoms. The average Bonchev–Trinajstić information content (AvgIpc) is 2.86. The minimum absolute atomic E-state index is 0.0564. The van der Waals surface area contributed by atoms with Crippen molar-refractivity contribution in [2.45, 2.75) is 18.9 Å². The monoisotopic (exact) mass is 309 g/mol. The molecule has 2 aliphatic heterocycles. The maximum absolute atomic E-state index is 12.6. The van der Waals surface area contributed by atoms with Gasteiger partial charge in [-0.3, -0.25) is 4.79 Å². The topological polar surface area (TPSA) is 45.2 Å². The highest BCUT2D eigenvalue weighted by Crippen LogP contribution is 2.28. The molecule has 3 heterocycles. The lowest BCUT2D eigenvalue weighted by Gasteiger charge is -2.36. The molecule has 0 spiro atoms. The van der Waals surface area contributed by atoms with Crippen LogP contribution < -0.4 is 5.32 Å². The van der Waals surface area contributed by atoms with Gasteiger partial charge in [-0.05, 0) is 46.8 Å². The molecule has 0 bridgehead atoms. The van der Waals surface area contributed by atoms with Gasteiger partial charge in [0.25, 0.3) is 5.91 Å². The maximum atomic E-state index is 12.6. The molecule has 1 N–H and O–H groups in total. The van der Waals surface area contributed by atoms with Crippen molar-refractivity contribution in [2.24, 2.45) is 5.92 Å². The largest absolute Gasteiger partial charge is 0.333 e. The van der Waals surface area contributed by atoms with E-state index in [9.17, 15) is 4.79 Å². The van der Waals surface area contributed by atoms with Crippen LogP contribution >= 0.6 is 15.9 Å². The van der Waals surface area contributed by atoms with E-state index >= 15 is 0 Å². The summed E-state index contributed by atoms with van der Waals surface area (Å²) in [5.74, 6) is 0.672. The van der Waals surface area contributed by atoms with Crippen molar-refractivity contribution in [3.63, 3.8) is 0 Å².